The van der Waals surface area contributed by atoms with E-state index in [1.54, 1.807) is 59.7 Å². The van der Waals surface area contributed by atoms with Gasteiger partial charge in [-0.2, -0.15) is 0 Å². The molecule has 9 atom stereocenters. The average Bonchev–Trinajstić information content (AvgIpc) is 4.04. The molecule has 4 N–H and O–H groups in total. The number of fused-ring (bicyclic) bond motifs is 3. The SMILES string of the molecule is CC(C)(C)OC(=O)CC1=N[C@@]2(c3cc(N)ccc3F)CO[C@H](CF)[C@H]2CS1.CC(C)(C)OC(=O)CC1=N[C@@]2(c3cc([N+](=O)[O-])ccc3F)CO[C@H](CF)[C@H]2CS1.NC1=N[C@@]2(c3ccccc3F)CO[C@H](CF)[C@H]2CS1. The molecule has 0 bridgehead atoms. The first-order valence-corrected chi connectivity index (χ1v) is 27.0. The zero-order valence-corrected chi connectivity index (χ0v) is 44.6. The highest BCUT2D eigenvalue weighted by Gasteiger charge is 2.57. The summed E-state index contributed by atoms with van der Waals surface area (Å²) in [4.78, 5) is 48.7. The number of alkyl halides is 3. The van der Waals surface area contributed by atoms with Gasteiger partial charge in [-0.25, -0.2) is 31.3 Å². The Bertz CT molecular complexity index is 2710. The molecule has 75 heavy (non-hydrogen) atoms. The number of aliphatic imine (C=N–C) groups is 3. The van der Waals surface area contributed by atoms with Gasteiger partial charge >= 0.3 is 11.9 Å². The molecule has 6 aliphatic heterocycles. The first kappa shape index (κ1) is 57.8. The minimum absolute atomic E-state index is 0.0133. The van der Waals surface area contributed by atoms with Crippen LogP contribution in [0.2, 0.25) is 0 Å². The predicted molar refractivity (Wildman–Crippen MR) is 278 cm³/mol. The quantitative estimate of drug-likeness (QED) is 0.0602. The number of nitrogens with zero attached hydrogens (tertiary/aromatic N) is 4. The lowest BCUT2D eigenvalue weighted by Gasteiger charge is -2.36. The molecule has 3 aromatic carbocycles. The van der Waals surface area contributed by atoms with Crippen LogP contribution in [0.25, 0.3) is 0 Å². The van der Waals surface area contributed by atoms with Crippen molar-refractivity contribution in [3.8, 4) is 0 Å². The Morgan fingerprint density at radius 3 is 1.49 bits per heavy atom. The van der Waals surface area contributed by atoms with E-state index in [0.29, 0.717) is 43.8 Å². The number of carbonyl (C=O) groups excluding carboxylic acids is 2. The number of thioether (sulfide) groups is 3. The maximum Gasteiger partial charge on any atom is 0.312 e. The maximum absolute atomic E-state index is 14.8. The molecule has 0 radical (unpaired) electrons. The number of nitrogen functional groups attached to an aromatic ring is 1. The normalized spacial score (nSPS) is 28.9. The average molecular weight is 1110 g/mol. The summed E-state index contributed by atoms with van der Waals surface area (Å²) in [5, 5.41) is 12.5. The zero-order chi connectivity index (χ0) is 54.7. The number of carbonyl (C=O) groups is 2. The van der Waals surface area contributed by atoms with Crippen LogP contribution in [-0.2, 0) is 49.9 Å². The number of non-ortho nitro benzene ring substituents is 1. The minimum Gasteiger partial charge on any atom is -0.460 e. The van der Waals surface area contributed by atoms with Crippen molar-refractivity contribution in [3.63, 3.8) is 0 Å². The van der Waals surface area contributed by atoms with Crippen molar-refractivity contribution in [1.82, 2.24) is 0 Å². The summed E-state index contributed by atoms with van der Waals surface area (Å²) in [6, 6.07) is 13.9. The fourth-order valence-electron chi connectivity index (χ4n) is 9.96. The zero-order valence-electron chi connectivity index (χ0n) is 42.1. The van der Waals surface area contributed by atoms with Crippen molar-refractivity contribution in [2.24, 2.45) is 38.5 Å². The smallest absolute Gasteiger partial charge is 0.312 e. The Balaban J connectivity index is 0.000000167. The molecular formula is C51H60F6N6O9S3. The van der Waals surface area contributed by atoms with Gasteiger partial charge in [0.2, 0.25) is 0 Å². The third-order valence-corrected chi connectivity index (χ3v) is 16.4. The molecular weight excluding hydrogens is 1050 g/mol. The van der Waals surface area contributed by atoms with Crippen LogP contribution < -0.4 is 11.5 Å². The van der Waals surface area contributed by atoms with Crippen LogP contribution in [0.3, 0.4) is 0 Å². The lowest BCUT2D eigenvalue weighted by atomic mass is 9.78. The van der Waals surface area contributed by atoms with Crippen molar-refractivity contribution >= 4 is 73.9 Å². The Morgan fingerprint density at radius 2 is 1.05 bits per heavy atom. The highest BCUT2D eigenvalue weighted by molar-refractivity contribution is 8.14. The molecule has 15 nitrogen and oxygen atoms in total. The lowest BCUT2D eigenvalue weighted by Crippen LogP contribution is -2.42. The summed E-state index contributed by atoms with van der Waals surface area (Å²) < 4.78 is 111. The summed E-state index contributed by atoms with van der Waals surface area (Å²) in [6.45, 7) is 8.66. The van der Waals surface area contributed by atoms with Gasteiger partial charge in [0.1, 0.15) is 65.3 Å². The van der Waals surface area contributed by atoms with Gasteiger partial charge in [-0.05, 0) is 71.9 Å². The first-order valence-electron chi connectivity index (χ1n) is 24.0. The number of hydrogen-bond donors (Lipinski definition) is 2. The van der Waals surface area contributed by atoms with E-state index in [1.165, 1.54) is 59.6 Å². The molecule has 0 saturated carbocycles. The van der Waals surface area contributed by atoms with Crippen LogP contribution in [0.1, 0.15) is 71.1 Å². The molecule has 6 aliphatic rings. The Kier molecular flexibility index (Phi) is 18.0. The number of nitrogens with two attached hydrogens (primary N) is 2. The fraction of sp³-hybridized carbons (Fsp3) is 0.549. The van der Waals surface area contributed by atoms with Crippen molar-refractivity contribution in [2.45, 2.75) is 101 Å². The molecule has 0 unspecified atom stereocenters. The van der Waals surface area contributed by atoms with E-state index in [1.807, 2.05) is 0 Å². The molecule has 0 amide bonds. The second kappa shape index (κ2) is 23.4. The standard InChI is InChI=1S/C19H22F2N2O5S.C19H24F2N2O3S.C13H14F2N2OS/c1-18(2,3)28-17(24)7-16-22-19(10-27-15(8-20)13(19)9-29-16)12-6-11(23(25)26)4-5-14(12)21;1-18(2,3)26-17(24)7-16-23-19(12-6-11(22)4-5-14(12)21)10-25-15(8-20)13(19)9-27-16;14-5-11-9-6-19-12(16)17-13(9,7-18-11)8-3-1-2-4-10(8)15/h4-6,13,15H,7-10H2,1-3H3;4-6,13,15H,7-10,22H2,1-3H3;1-4,9,11H,5-7H2,(H2,16,17)/t2*13-,15-,19-;9-,11-,13-/m111/s1. The summed E-state index contributed by atoms with van der Waals surface area (Å²) in [5.74, 6) is -2.02. The molecule has 3 aromatic rings. The van der Waals surface area contributed by atoms with E-state index in [0.717, 1.165) is 18.2 Å². The van der Waals surface area contributed by atoms with Gasteiger partial charge in [-0.1, -0.05) is 30.0 Å². The Labute approximate surface area is 443 Å². The highest BCUT2D eigenvalue weighted by atomic mass is 32.2. The number of ether oxygens (including phenoxy) is 5. The van der Waals surface area contributed by atoms with Crippen molar-refractivity contribution in [3.05, 3.63) is 105 Å². The number of nitro groups is 1. The first-order chi connectivity index (χ1) is 35.4. The van der Waals surface area contributed by atoms with E-state index in [2.05, 4.69) is 9.98 Å². The number of hydrogen-bond acceptors (Lipinski definition) is 17. The highest BCUT2D eigenvalue weighted by Crippen LogP contribution is 2.52. The van der Waals surface area contributed by atoms with E-state index in [9.17, 15) is 46.0 Å². The largest absolute Gasteiger partial charge is 0.460 e. The number of benzene rings is 3. The molecule has 3 fully saturated rings. The molecule has 3 saturated heterocycles. The maximum atomic E-state index is 14.8. The van der Waals surface area contributed by atoms with Gasteiger partial charge in [0.15, 0.2) is 5.17 Å². The van der Waals surface area contributed by atoms with Crippen molar-refractivity contribution in [1.29, 1.82) is 0 Å². The molecule has 6 heterocycles. The van der Waals surface area contributed by atoms with Crippen LogP contribution in [0, 0.1) is 45.3 Å². The van der Waals surface area contributed by atoms with E-state index in [4.69, 9.17) is 40.1 Å². The number of rotatable bonds is 11. The Morgan fingerprint density at radius 1 is 0.640 bits per heavy atom. The fourth-order valence-corrected chi connectivity index (χ4v) is 13.6. The molecule has 24 heteroatoms. The number of esters is 2. The molecule has 408 valence electrons. The third-order valence-electron chi connectivity index (χ3n) is 13.3. The van der Waals surface area contributed by atoms with Crippen LogP contribution in [0.4, 0.5) is 37.7 Å². The summed E-state index contributed by atoms with van der Waals surface area (Å²) in [5.41, 5.74) is 7.90. The predicted octanol–water partition coefficient (Wildman–Crippen LogP) is 9.32. The number of nitro benzene ring substituents is 1. The van der Waals surface area contributed by atoms with Gasteiger partial charge in [-0.15, -0.1) is 23.5 Å². The molecule has 0 aromatic heterocycles. The summed E-state index contributed by atoms with van der Waals surface area (Å²) in [6.07, 6.45) is -2.13. The van der Waals surface area contributed by atoms with E-state index in [-0.39, 0.29) is 67.1 Å². The van der Waals surface area contributed by atoms with E-state index < -0.39 is 101 Å². The van der Waals surface area contributed by atoms with Gasteiger partial charge in [0.25, 0.3) is 5.69 Å². The number of halogens is 6. The third kappa shape index (κ3) is 12.8. The van der Waals surface area contributed by atoms with Gasteiger partial charge in [0, 0.05) is 69.5 Å². The van der Waals surface area contributed by atoms with Crippen LogP contribution in [-0.4, -0.2) is 119 Å². The van der Waals surface area contributed by atoms with Crippen LogP contribution in [0.5, 0.6) is 0 Å². The monoisotopic (exact) mass is 1110 g/mol. The second-order valence-corrected chi connectivity index (χ2v) is 23.9. The van der Waals surface area contributed by atoms with Crippen LogP contribution in [0.15, 0.2) is 75.6 Å². The second-order valence-electron chi connectivity index (χ2n) is 20.7. The van der Waals surface area contributed by atoms with Gasteiger partial charge in [0.05, 0.1) is 66.0 Å². The van der Waals surface area contributed by atoms with Gasteiger partial charge < -0.3 is 35.2 Å². The van der Waals surface area contributed by atoms with Crippen molar-refractivity contribution < 1.29 is 64.5 Å². The summed E-state index contributed by atoms with van der Waals surface area (Å²) in [7, 11) is 0. The Hall–Kier alpha value is -4.88. The molecule has 0 aliphatic carbocycles. The number of anilines is 1. The van der Waals surface area contributed by atoms with E-state index >= 15 is 0 Å². The summed E-state index contributed by atoms with van der Waals surface area (Å²) >= 11 is 4.01. The van der Waals surface area contributed by atoms with Crippen LogP contribution >= 0.6 is 35.3 Å². The lowest BCUT2D eigenvalue weighted by molar-refractivity contribution is -0.385. The number of amidine groups is 1. The van der Waals surface area contributed by atoms with Gasteiger partial charge in [-0.3, -0.25) is 29.7 Å². The van der Waals surface area contributed by atoms with Crippen molar-refractivity contribution in [2.75, 3.05) is 62.8 Å². The topological polar surface area (TPSA) is 213 Å². The molecule has 0 spiro atoms. The minimum atomic E-state index is -1.32. The molecule has 9 rings (SSSR count).